The van der Waals surface area contributed by atoms with Crippen LogP contribution in [0.2, 0.25) is 0 Å². The molecule has 0 unspecified atom stereocenters. The van der Waals surface area contributed by atoms with Gasteiger partial charge in [0.05, 0.1) is 18.4 Å². The average Bonchev–Trinajstić information content (AvgIpc) is 2.64. The number of fused-ring (bicyclic) bond motifs is 1. The van der Waals surface area contributed by atoms with Crippen molar-refractivity contribution in [3.8, 4) is 0 Å². The van der Waals surface area contributed by atoms with Gasteiger partial charge in [0, 0.05) is 12.5 Å². The normalized spacial score (nSPS) is 15.6. The van der Waals surface area contributed by atoms with Gasteiger partial charge in [-0.1, -0.05) is 12.1 Å². The van der Waals surface area contributed by atoms with Crippen LogP contribution in [0.3, 0.4) is 0 Å². The molecular formula is C14H13NO4. The van der Waals surface area contributed by atoms with Gasteiger partial charge in [-0.05, 0) is 19.1 Å². The highest BCUT2D eigenvalue weighted by molar-refractivity contribution is 6.26. The third kappa shape index (κ3) is 2.27. The Kier molecular flexibility index (Phi) is 3.46. The molecule has 19 heavy (non-hydrogen) atoms. The van der Waals surface area contributed by atoms with E-state index in [1.165, 1.54) is 11.8 Å². The largest absolute Gasteiger partial charge is 0.463 e. The Hall–Kier alpha value is -2.43. The maximum atomic E-state index is 12.2. The monoisotopic (exact) mass is 259 g/mol. The summed E-state index contributed by atoms with van der Waals surface area (Å²) in [6, 6.07) is 6.73. The molecule has 0 saturated carbocycles. The summed E-state index contributed by atoms with van der Waals surface area (Å²) >= 11 is 0. The quantitative estimate of drug-likeness (QED) is 0.599. The molecule has 0 spiro atoms. The van der Waals surface area contributed by atoms with Gasteiger partial charge in [-0.25, -0.2) is 4.79 Å². The summed E-state index contributed by atoms with van der Waals surface area (Å²) in [5.74, 6) is -1.31. The first kappa shape index (κ1) is 13.0. The van der Waals surface area contributed by atoms with Crippen molar-refractivity contribution in [2.75, 3.05) is 11.5 Å². The summed E-state index contributed by atoms with van der Waals surface area (Å²) in [5, 5.41) is 0. The van der Waals surface area contributed by atoms with Crippen LogP contribution in [0, 0.1) is 0 Å². The Balaban J connectivity index is 2.49. The third-order valence-corrected chi connectivity index (χ3v) is 2.72. The summed E-state index contributed by atoms with van der Waals surface area (Å²) in [6.45, 7) is 3.22. The summed E-state index contributed by atoms with van der Waals surface area (Å²) < 4.78 is 4.77. The fourth-order valence-corrected chi connectivity index (χ4v) is 1.99. The van der Waals surface area contributed by atoms with E-state index in [4.69, 9.17) is 4.74 Å². The highest BCUT2D eigenvalue weighted by Gasteiger charge is 2.34. The molecule has 2 rings (SSSR count). The smallest absolute Gasteiger partial charge is 0.333 e. The van der Waals surface area contributed by atoms with E-state index in [0.29, 0.717) is 11.3 Å². The highest BCUT2D eigenvalue weighted by atomic mass is 16.5. The lowest BCUT2D eigenvalue weighted by molar-refractivity contribution is -0.137. The predicted octanol–water partition coefficient (Wildman–Crippen LogP) is 1.68. The standard InChI is InChI=1S/C14H13NO4/c1-3-19-13(17)8-12-14(18)10-6-4-5-7-11(10)15(12)9(2)16/h4-8H,3H2,1-2H3/b12-8-. The number of para-hydroxylation sites is 1. The number of allylic oxidation sites excluding steroid dienone is 1. The molecular weight excluding hydrogens is 246 g/mol. The second-order valence-electron chi connectivity index (χ2n) is 3.98. The van der Waals surface area contributed by atoms with Crippen LogP contribution in [-0.4, -0.2) is 24.3 Å². The number of rotatable bonds is 2. The molecule has 0 aromatic heterocycles. The molecule has 0 atom stereocenters. The van der Waals surface area contributed by atoms with Crippen LogP contribution < -0.4 is 4.90 Å². The molecule has 98 valence electrons. The molecule has 0 radical (unpaired) electrons. The minimum atomic E-state index is -0.634. The summed E-state index contributed by atoms with van der Waals surface area (Å²) in [4.78, 5) is 36.6. The zero-order valence-corrected chi connectivity index (χ0v) is 10.7. The van der Waals surface area contributed by atoms with Crippen molar-refractivity contribution >= 4 is 23.3 Å². The van der Waals surface area contributed by atoms with Crippen LogP contribution in [0.1, 0.15) is 24.2 Å². The third-order valence-electron chi connectivity index (χ3n) is 2.72. The van der Waals surface area contributed by atoms with E-state index in [1.54, 1.807) is 31.2 Å². The molecule has 5 nitrogen and oxygen atoms in total. The highest BCUT2D eigenvalue weighted by Crippen LogP contribution is 2.34. The number of hydrogen-bond acceptors (Lipinski definition) is 4. The fourth-order valence-electron chi connectivity index (χ4n) is 1.99. The molecule has 1 aromatic rings. The Morgan fingerprint density at radius 3 is 2.63 bits per heavy atom. The number of benzene rings is 1. The Bertz CT molecular complexity index is 589. The molecule has 0 N–H and O–H groups in total. The second kappa shape index (κ2) is 5.06. The minimum absolute atomic E-state index is 0.0344. The first-order chi connectivity index (χ1) is 9.06. The number of carbonyl (C=O) groups excluding carboxylic acids is 3. The molecule has 5 heteroatoms. The van der Waals surface area contributed by atoms with Crippen LogP contribution in [-0.2, 0) is 14.3 Å². The van der Waals surface area contributed by atoms with E-state index in [-0.39, 0.29) is 24.0 Å². The van der Waals surface area contributed by atoms with E-state index in [9.17, 15) is 14.4 Å². The zero-order valence-electron chi connectivity index (χ0n) is 10.7. The molecule has 1 amide bonds. The summed E-state index contributed by atoms with van der Waals surface area (Å²) in [6.07, 6.45) is 1.06. The number of ketones is 1. The van der Waals surface area contributed by atoms with E-state index >= 15 is 0 Å². The van der Waals surface area contributed by atoms with Crippen molar-refractivity contribution in [2.45, 2.75) is 13.8 Å². The van der Waals surface area contributed by atoms with Crippen molar-refractivity contribution in [3.05, 3.63) is 41.6 Å². The zero-order chi connectivity index (χ0) is 14.0. The van der Waals surface area contributed by atoms with Crippen molar-refractivity contribution < 1.29 is 19.1 Å². The van der Waals surface area contributed by atoms with Crippen molar-refractivity contribution in [1.82, 2.24) is 0 Å². The van der Waals surface area contributed by atoms with E-state index in [1.807, 2.05) is 0 Å². The van der Waals surface area contributed by atoms with Gasteiger partial charge in [-0.3, -0.25) is 14.5 Å². The number of hydrogen-bond donors (Lipinski definition) is 0. The van der Waals surface area contributed by atoms with Crippen LogP contribution >= 0.6 is 0 Å². The molecule has 1 aliphatic rings. The van der Waals surface area contributed by atoms with Crippen molar-refractivity contribution in [2.24, 2.45) is 0 Å². The number of amides is 1. The van der Waals surface area contributed by atoms with Gasteiger partial charge in [-0.2, -0.15) is 0 Å². The van der Waals surface area contributed by atoms with Gasteiger partial charge >= 0.3 is 5.97 Å². The molecule has 1 aromatic carbocycles. The molecule has 1 heterocycles. The molecule has 0 fully saturated rings. The van der Waals surface area contributed by atoms with E-state index in [2.05, 4.69) is 0 Å². The van der Waals surface area contributed by atoms with Gasteiger partial charge < -0.3 is 4.74 Å². The lowest BCUT2D eigenvalue weighted by Crippen LogP contribution is -2.26. The number of carbonyl (C=O) groups is 3. The van der Waals surface area contributed by atoms with Gasteiger partial charge in [0.15, 0.2) is 0 Å². The number of nitrogens with zero attached hydrogens (tertiary/aromatic N) is 1. The number of anilines is 1. The number of Topliss-reactive ketones (excluding diaryl/α,β-unsaturated/α-hetero) is 1. The van der Waals surface area contributed by atoms with Crippen LogP contribution in [0.4, 0.5) is 5.69 Å². The van der Waals surface area contributed by atoms with E-state index in [0.717, 1.165) is 6.08 Å². The maximum absolute atomic E-state index is 12.2. The van der Waals surface area contributed by atoms with Crippen LogP contribution in [0.25, 0.3) is 0 Å². The Labute approximate surface area is 110 Å². The van der Waals surface area contributed by atoms with Crippen LogP contribution in [0.5, 0.6) is 0 Å². The average molecular weight is 259 g/mol. The molecule has 0 aliphatic carbocycles. The lowest BCUT2D eigenvalue weighted by atomic mass is 10.1. The summed E-state index contributed by atoms with van der Waals surface area (Å²) in [7, 11) is 0. The van der Waals surface area contributed by atoms with Gasteiger partial charge in [-0.15, -0.1) is 0 Å². The van der Waals surface area contributed by atoms with Crippen molar-refractivity contribution in [3.63, 3.8) is 0 Å². The van der Waals surface area contributed by atoms with Crippen molar-refractivity contribution in [1.29, 1.82) is 0 Å². The number of esters is 1. The summed E-state index contributed by atoms with van der Waals surface area (Å²) in [5.41, 5.74) is 0.941. The molecule has 0 bridgehead atoms. The van der Waals surface area contributed by atoms with Gasteiger partial charge in [0.2, 0.25) is 11.7 Å². The lowest BCUT2D eigenvalue weighted by Gasteiger charge is -2.15. The fraction of sp³-hybridized carbons (Fsp3) is 0.214. The SMILES string of the molecule is CCOC(=O)/C=C1/C(=O)c2ccccc2N1C(C)=O. The first-order valence-corrected chi connectivity index (χ1v) is 5.89. The van der Waals surface area contributed by atoms with Crippen LogP contribution in [0.15, 0.2) is 36.0 Å². The number of ether oxygens (including phenoxy) is 1. The predicted molar refractivity (Wildman–Crippen MR) is 68.6 cm³/mol. The van der Waals surface area contributed by atoms with E-state index < -0.39 is 5.97 Å². The first-order valence-electron chi connectivity index (χ1n) is 5.89. The maximum Gasteiger partial charge on any atom is 0.333 e. The Morgan fingerprint density at radius 1 is 1.32 bits per heavy atom. The second-order valence-corrected chi connectivity index (χ2v) is 3.98. The Morgan fingerprint density at radius 2 is 2.00 bits per heavy atom. The molecule has 0 saturated heterocycles. The topological polar surface area (TPSA) is 63.7 Å². The minimum Gasteiger partial charge on any atom is -0.463 e. The molecule has 1 aliphatic heterocycles. The van der Waals surface area contributed by atoms with Gasteiger partial charge in [0.1, 0.15) is 5.70 Å². The van der Waals surface area contributed by atoms with Gasteiger partial charge in [0.25, 0.3) is 0 Å².